The van der Waals surface area contributed by atoms with Gasteiger partial charge in [-0.1, -0.05) is 6.07 Å². The van der Waals surface area contributed by atoms with E-state index in [-0.39, 0.29) is 12.0 Å². The highest BCUT2D eigenvalue weighted by atomic mass is 32.1. The van der Waals surface area contributed by atoms with Gasteiger partial charge in [0.2, 0.25) is 0 Å². The maximum absolute atomic E-state index is 9.46. The Labute approximate surface area is 130 Å². The summed E-state index contributed by atoms with van der Waals surface area (Å²) in [5.74, 6) is 0.897. The molecule has 0 amide bonds. The van der Waals surface area contributed by atoms with Crippen LogP contribution >= 0.6 is 11.3 Å². The van der Waals surface area contributed by atoms with Crippen LogP contribution in [0.2, 0.25) is 0 Å². The average Bonchev–Trinajstić information content (AvgIpc) is 2.96. The Morgan fingerprint density at radius 1 is 1.57 bits per heavy atom. The summed E-state index contributed by atoms with van der Waals surface area (Å²) in [5, 5.41) is 14.9. The van der Waals surface area contributed by atoms with Gasteiger partial charge in [0.1, 0.15) is 0 Å². The number of aliphatic hydroxyl groups is 1. The molecule has 0 radical (unpaired) electrons. The van der Waals surface area contributed by atoms with Crippen LogP contribution in [0.4, 0.5) is 0 Å². The topological polar surface area (TPSA) is 57.1 Å². The molecule has 1 saturated heterocycles. The van der Waals surface area contributed by atoms with Gasteiger partial charge in [0.25, 0.3) is 0 Å². The summed E-state index contributed by atoms with van der Waals surface area (Å²) in [4.78, 5) is 8.21. The lowest BCUT2D eigenvalue weighted by atomic mass is 9.87. The number of rotatable bonds is 7. The molecule has 118 valence electrons. The zero-order valence-electron chi connectivity index (χ0n) is 12.8. The van der Waals surface area contributed by atoms with Crippen molar-refractivity contribution in [3.8, 4) is 0 Å². The summed E-state index contributed by atoms with van der Waals surface area (Å²) in [5.41, 5.74) is -0.171. The minimum Gasteiger partial charge on any atom is -0.396 e. The predicted octanol–water partition coefficient (Wildman–Crippen LogP) is 1.20. The molecule has 2 heterocycles. The Hall–Kier alpha value is -1.11. The highest BCUT2D eigenvalue weighted by Crippen LogP contribution is 2.26. The van der Waals surface area contributed by atoms with Crippen molar-refractivity contribution in [3.63, 3.8) is 0 Å². The summed E-state index contributed by atoms with van der Waals surface area (Å²) < 4.78 is 5.22. The molecule has 1 aromatic rings. The molecule has 2 rings (SSSR count). The maximum Gasteiger partial charge on any atom is 0.193 e. The first-order valence-electron chi connectivity index (χ1n) is 7.39. The van der Waals surface area contributed by atoms with Gasteiger partial charge in [0.05, 0.1) is 31.8 Å². The third kappa shape index (κ3) is 4.43. The second kappa shape index (κ2) is 7.77. The van der Waals surface area contributed by atoms with E-state index in [2.05, 4.69) is 46.7 Å². The van der Waals surface area contributed by atoms with E-state index in [4.69, 9.17) is 4.74 Å². The Balaban J connectivity index is 1.89. The van der Waals surface area contributed by atoms with Gasteiger partial charge < -0.3 is 20.1 Å². The monoisotopic (exact) mass is 311 g/mol. The van der Waals surface area contributed by atoms with Crippen LogP contribution in [0.3, 0.4) is 0 Å². The van der Waals surface area contributed by atoms with E-state index < -0.39 is 0 Å². The second-order valence-corrected chi connectivity index (χ2v) is 6.60. The molecule has 1 aliphatic heterocycles. The fraction of sp³-hybridized carbons (Fsp3) is 0.667. The van der Waals surface area contributed by atoms with Crippen molar-refractivity contribution in [1.29, 1.82) is 0 Å². The van der Waals surface area contributed by atoms with Gasteiger partial charge in [0, 0.05) is 25.0 Å². The SMILES string of the molecule is CCNC(=NCC1(CO)COC1)N(C)CCc1cccs1. The molecule has 2 N–H and O–H groups in total. The summed E-state index contributed by atoms with van der Waals surface area (Å²) in [6.45, 7) is 5.78. The highest BCUT2D eigenvalue weighted by molar-refractivity contribution is 7.09. The number of nitrogens with one attached hydrogen (secondary N) is 1. The molecule has 1 aromatic heterocycles. The number of nitrogens with zero attached hydrogens (tertiary/aromatic N) is 2. The molecule has 21 heavy (non-hydrogen) atoms. The number of ether oxygens (including phenoxy) is 1. The van der Waals surface area contributed by atoms with Crippen LogP contribution in [0.5, 0.6) is 0 Å². The van der Waals surface area contributed by atoms with Gasteiger partial charge in [-0.25, -0.2) is 0 Å². The van der Waals surface area contributed by atoms with Gasteiger partial charge in [-0.15, -0.1) is 11.3 Å². The van der Waals surface area contributed by atoms with E-state index in [9.17, 15) is 5.11 Å². The minimum absolute atomic E-state index is 0.134. The fourth-order valence-electron chi connectivity index (χ4n) is 2.17. The van der Waals surface area contributed by atoms with Crippen molar-refractivity contribution in [2.24, 2.45) is 10.4 Å². The third-order valence-electron chi connectivity index (χ3n) is 3.69. The molecule has 5 nitrogen and oxygen atoms in total. The van der Waals surface area contributed by atoms with Crippen molar-refractivity contribution in [3.05, 3.63) is 22.4 Å². The molecule has 0 aromatic carbocycles. The normalized spacial score (nSPS) is 17.4. The van der Waals surface area contributed by atoms with Gasteiger partial charge in [-0.2, -0.15) is 0 Å². The quantitative estimate of drug-likeness (QED) is 0.587. The molecule has 0 saturated carbocycles. The molecule has 0 spiro atoms. The number of guanidine groups is 1. The standard InChI is InChI=1S/C15H25N3O2S/c1-3-16-14(17-9-15(10-19)11-20-12-15)18(2)7-6-13-5-4-8-21-13/h4-5,8,19H,3,6-7,9-12H2,1-2H3,(H,16,17). The van der Waals surface area contributed by atoms with Crippen molar-refractivity contribution in [2.45, 2.75) is 13.3 Å². The van der Waals surface area contributed by atoms with Gasteiger partial charge in [0.15, 0.2) is 5.96 Å². The largest absolute Gasteiger partial charge is 0.396 e. The molecule has 0 unspecified atom stereocenters. The average molecular weight is 311 g/mol. The Morgan fingerprint density at radius 3 is 2.90 bits per heavy atom. The summed E-state index contributed by atoms with van der Waals surface area (Å²) >= 11 is 1.79. The van der Waals surface area contributed by atoms with E-state index in [1.54, 1.807) is 11.3 Å². The zero-order chi connectivity index (χ0) is 15.1. The van der Waals surface area contributed by atoms with Crippen molar-refractivity contribution < 1.29 is 9.84 Å². The van der Waals surface area contributed by atoms with Crippen LogP contribution in [-0.2, 0) is 11.2 Å². The van der Waals surface area contributed by atoms with Gasteiger partial charge in [-0.3, -0.25) is 4.99 Å². The molecule has 1 fully saturated rings. The first kappa shape index (κ1) is 16.3. The van der Waals surface area contributed by atoms with E-state index in [1.165, 1.54) is 4.88 Å². The van der Waals surface area contributed by atoms with E-state index in [1.807, 2.05) is 0 Å². The summed E-state index contributed by atoms with van der Waals surface area (Å²) in [6.07, 6.45) is 1.02. The first-order valence-corrected chi connectivity index (χ1v) is 8.27. The molecular weight excluding hydrogens is 286 g/mol. The molecule has 0 atom stereocenters. The van der Waals surface area contributed by atoms with E-state index in [0.29, 0.717) is 19.8 Å². The Kier molecular flexibility index (Phi) is 6.02. The maximum atomic E-state index is 9.46. The molecule has 1 aliphatic rings. The Morgan fingerprint density at radius 2 is 2.38 bits per heavy atom. The summed E-state index contributed by atoms with van der Waals surface area (Å²) in [7, 11) is 2.05. The number of aliphatic imine (C=N–C) groups is 1. The second-order valence-electron chi connectivity index (χ2n) is 5.57. The fourth-order valence-corrected chi connectivity index (χ4v) is 2.87. The van der Waals surface area contributed by atoms with Crippen molar-refractivity contribution >= 4 is 17.3 Å². The van der Waals surface area contributed by atoms with Gasteiger partial charge in [-0.05, 0) is 24.8 Å². The van der Waals surface area contributed by atoms with E-state index in [0.717, 1.165) is 25.5 Å². The Bertz CT molecular complexity index is 438. The van der Waals surface area contributed by atoms with Crippen LogP contribution in [0.25, 0.3) is 0 Å². The van der Waals surface area contributed by atoms with Crippen molar-refractivity contribution in [2.75, 3.05) is 46.5 Å². The summed E-state index contributed by atoms with van der Waals surface area (Å²) in [6, 6.07) is 4.25. The van der Waals surface area contributed by atoms with Crippen LogP contribution < -0.4 is 5.32 Å². The third-order valence-corrected chi connectivity index (χ3v) is 4.62. The van der Waals surface area contributed by atoms with Crippen LogP contribution in [0.15, 0.2) is 22.5 Å². The number of aliphatic hydroxyl groups excluding tert-OH is 1. The van der Waals surface area contributed by atoms with Crippen LogP contribution in [-0.4, -0.2) is 62.5 Å². The highest BCUT2D eigenvalue weighted by Gasteiger charge is 2.38. The molecule has 0 aliphatic carbocycles. The van der Waals surface area contributed by atoms with Crippen LogP contribution in [0.1, 0.15) is 11.8 Å². The lowest BCUT2D eigenvalue weighted by Crippen LogP contribution is -2.49. The number of likely N-dealkylation sites (N-methyl/N-ethyl adjacent to an activating group) is 1. The first-order chi connectivity index (χ1) is 10.2. The molecule has 0 bridgehead atoms. The van der Waals surface area contributed by atoms with Crippen molar-refractivity contribution in [1.82, 2.24) is 10.2 Å². The van der Waals surface area contributed by atoms with Crippen LogP contribution in [0, 0.1) is 5.41 Å². The zero-order valence-corrected chi connectivity index (χ0v) is 13.7. The number of thiophene rings is 1. The predicted molar refractivity (Wildman–Crippen MR) is 87.0 cm³/mol. The van der Waals surface area contributed by atoms with Gasteiger partial charge >= 0.3 is 0 Å². The lowest BCUT2D eigenvalue weighted by molar-refractivity contribution is -0.130. The lowest BCUT2D eigenvalue weighted by Gasteiger charge is -2.38. The number of hydrogen-bond acceptors (Lipinski definition) is 4. The smallest absolute Gasteiger partial charge is 0.193 e. The molecular formula is C15H25N3O2S. The minimum atomic E-state index is -0.171. The van der Waals surface area contributed by atoms with E-state index >= 15 is 0 Å². The number of hydrogen-bond donors (Lipinski definition) is 2. The molecule has 6 heteroatoms.